The largest absolute Gasteiger partial charge is 0.393 e. The van der Waals surface area contributed by atoms with Gasteiger partial charge in [0.05, 0.1) is 12.4 Å². The van der Waals surface area contributed by atoms with Crippen molar-refractivity contribution in [1.82, 2.24) is 0 Å². The summed E-state index contributed by atoms with van der Waals surface area (Å²) in [5, 5.41) is 10.0. The summed E-state index contributed by atoms with van der Waals surface area (Å²) in [4.78, 5) is 0. The SMILES string of the molecule is CC(C)CCC[C@@H](C)[C@H]1CC[C@H]2/C(=C/C=C3/C[C@@H](O)CC/C3=C\F)CCC[C@]12C. The average molecular weight is 403 g/mol. The molecule has 3 rings (SSSR count). The molecule has 0 saturated heterocycles. The van der Waals surface area contributed by atoms with Crippen LogP contribution in [0.4, 0.5) is 4.39 Å². The third-order valence-electron chi connectivity index (χ3n) is 8.41. The molecule has 0 aromatic carbocycles. The van der Waals surface area contributed by atoms with Gasteiger partial charge in [-0.25, -0.2) is 4.39 Å². The molecule has 3 aliphatic carbocycles. The molecular weight excluding hydrogens is 359 g/mol. The molecule has 164 valence electrons. The van der Waals surface area contributed by atoms with Crippen LogP contribution in [0, 0.1) is 29.1 Å². The first kappa shape index (κ1) is 22.8. The van der Waals surface area contributed by atoms with Crippen LogP contribution in [-0.4, -0.2) is 11.2 Å². The number of fused-ring (bicyclic) bond motifs is 1. The van der Waals surface area contributed by atoms with E-state index in [9.17, 15) is 9.50 Å². The second kappa shape index (κ2) is 9.94. The van der Waals surface area contributed by atoms with Crippen molar-refractivity contribution >= 4 is 0 Å². The Balaban J connectivity index is 1.72. The van der Waals surface area contributed by atoms with Gasteiger partial charge in [0.25, 0.3) is 0 Å². The lowest BCUT2D eigenvalue weighted by Crippen LogP contribution is -2.36. The number of aliphatic hydroxyl groups excluding tert-OH is 1. The van der Waals surface area contributed by atoms with Crippen LogP contribution in [0.5, 0.6) is 0 Å². The van der Waals surface area contributed by atoms with Crippen molar-refractivity contribution in [2.45, 2.75) is 104 Å². The molecule has 0 spiro atoms. The van der Waals surface area contributed by atoms with E-state index in [1.54, 1.807) is 5.57 Å². The Hall–Kier alpha value is -0.890. The van der Waals surface area contributed by atoms with Crippen LogP contribution in [0.3, 0.4) is 0 Å². The van der Waals surface area contributed by atoms with Gasteiger partial charge in [0, 0.05) is 0 Å². The molecule has 0 aromatic heterocycles. The van der Waals surface area contributed by atoms with Crippen LogP contribution in [-0.2, 0) is 0 Å². The van der Waals surface area contributed by atoms with Gasteiger partial charge in [-0.05, 0) is 91.6 Å². The Morgan fingerprint density at radius 2 is 1.86 bits per heavy atom. The minimum absolute atomic E-state index is 0.317. The fraction of sp³-hybridized carbons (Fsp3) is 0.778. The monoisotopic (exact) mass is 402 g/mol. The number of halogens is 1. The topological polar surface area (TPSA) is 20.2 Å². The summed E-state index contributed by atoms with van der Waals surface area (Å²) < 4.78 is 13.3. The van der Waals surface area contributed by atoms with Crippen LogP contribution in [0.2, 0.25) is 0 Å². The Labute approximate surface area is 178 Å². The van der Waals surface area contributed by atoms with E-state index in [0.29, 0.717) is 30.6 Å². The molecule has 2 heteroatoms. The Morgan fingerprint density at radius 1 is 1.07 bits per heavy atom. The fourth-order valence-electron chi connectivity index (χ4n) is 6.74. The summed E-state index contributed by atoms with van der Waals surface area (Å²) in [6, 6.07) is 0. The molecule has 5 atom stereocenters. The second-order valence-electron chi connectivity index (χ2n) is 10.9. The summed E-state index contributed by atoms with van der Waals surface area (Å²) in [7, 11) is 0. The molecule has 1 nitrogen and oxygen atoms in total. The molecule has 0 radical (unpaired) electrons. The van der Waals surface area contributed by atoms with Gasteiger partial charge in [-0.3, -0.25) is 0 Å². The van der Waals surface area contributed by atoms with Crippen molar-refractivity contribution in [3.8, 4) is 0 Å². The summed E-state index contributed by atoms with van der Waals surface area (Å²) in [5.74, 6) is 3.16. The van der Waals surface area contributed by atoms with Crippen LogP contribution in [0.15, 0.2) is 35.2 Å². The molecule has 29 heavy (non-hydrogen) atoms. The van der Waals surface area contributed by atoms with Gasteiger partial charge < -0.3 is 5.11 Å². The van der Waals surface area contributed by atoms with Crippen molar-refractivity contribution < 1.29 is 9.50 Å². The molecule has 0 bridgehead atoms. The van der Waals surface area contributed by atoms with Crippen LogP contribution in [0.25, 0.3) is 0 Å². The average Bonchev–Trinajstić information content (AvgIpc) is 3.03. The normalized spacial score (nSPS) is 38.2. The van der Waals surface area contributed by atoms with E-state index in [1.807, 2.05) is 0 Å². The molecule has 3 fully saturated rings. The number of rotatable bonds is 6. The van der Waals surface area contributed by atoms with E-state index in [0.717, 1.165) is 35.2 Å². The van der Waals surface area contributed by atoms with Gasteiger partial charge in [0.15, 0.2) is 0 Å². The number of hydrogen-bond donors (Lipinski definition) is 1. The van der Waals surface area contributed by atoms with Gasteiger partial charge in [-0.15, -0.1) is 0 Å². The highest BCUT2D eigenvalue weighted by Crippen LogP contribution is 2.59. The molecule has 0 unspecified atom stereocenters. The van der Waals surface area contributed by atoms with Crippen LogP contribution in [0.1, 0.15) is 98.3 Å². The lowest BCUT2D eigenvalue weighted by molar-refractivity contribution is 0.0928. The minimum Gasteiger partial charge on any atom is -0.393 e. The van der Waals surface area contributed by atoms with E-state index in [2.05, 4.69) is 39.8 Å². The maximum atomic E-state index is 13.3. The first-order chi connectivity index (χ1) is 13.8. The molecule has 0 heterocycles. The lowest BCUT2D eigenvalue weighted by Gasteiger charge is -2.44. The van der Waals surface area contributed by atoms with Crippen LogP contribution >= 0.6 is 0 Å². The van der Waals surface area contributed by atoms with Crippen molar-refractivity contribution in [2.75, 3.05) is 0 Å². The van der Waals surface area contributed by atoms with Crippen molar-refractivity contribution in [3.05, 3.63) is 35.2 Å². The Morgan fingerprint density at radius 3 is 2.59 bits per heavy atom. The van der Waals surface area contributed by atoms with Gasteiger partial charge in [0.1, 0.15) is 0 Å². The molecule has 3 saturated carbocycles. The lowest BCUT2D eigenvalue weighted by atomic mass is 9.60. The minimum atomic E-state index is -0.317. The molecule has 1 N–H and O–H groups in total. The zero-order valence-electron chi connectivity index (χ0n) is 19.2. The molecular formula is C27H43FO. The third-order valence-corrected chi connectivity index (χ3v) is 8.41. The Bertz CT molecular complexity index is 643. The standard InChI is InChI=1S/C27H43FO/c1-19(2)7-5-8-20(3)25-14-15-26-21(9-6-16-27(25,26)4)10-11-22-17-24(29)13-12-23(22)18-28/h10-11,18-20,24-26,29H,5-9,12-17H2,1-4H3/b21-10+,22-11-,23-18+/t20-,24+,25-,26+,27-/m1/s1. The third kappa shape index (κ3) is 5.24. The zero-order chi connectivity index (χ0) is 21.0. The van der Waals surface area contributed by atoms with E-state index in [-0.39, 0.29) is 6.10 Å². The molecule has 0 aromatic rings. The molecule has 3 aliphatic rings. The highest BCUT2D eigenvalue weighted by Gasteiger charge is 2.50. The number of hydrogen-bond acceptors (Lipinski definition) is 1. The number of allylic oxidation sites excluding steroid dienone is 4. The maximum Gasteiger partial charge on any atom is 0.0901 e. The maximum absolute atomic E-state index is 13.3. The van der Waals surface area contributed by atoms with Crippen molar-refractivity contribution in [1.29, 1.82) is 0 Å². The smallest absolute Gasteiger partial charge is 0.0901 e. The van der Waals surface area contributed by atoms with Gasteiger partial charge in [0.2, 0.25) is 0 Å². The van der Waals surface area contributed by atoms with Gasteiger partial charge in [-0.1, -0.05) is 64.7 Å². The van der Waals surface area contributed by atoms with Crippen molar-refractivity contribution in [3.63, 3.8) is 0 Å². The predicted octanol–water partition coefficient (Wildman–Crippen LogP) is 7.92. The van der Waals surface area contributed by atoms with Gasteiger partial charge in [-0.2, -0.15) is 0 Å². The van der Waals surface area contributed by atoms with Gasteiger partial charge >= 0.3 is 0 Å². The predicted molar refractivity (Wildman–Crippen MR) is 121 cm³/mol. The number of aliphatic hydroxyl groups is 1. The summed E-state index contributed by atoms with van der Waals surface area (Å²) in [5.41, 5.74) is 3.81. The van der Waals surface area contributed by atoms with E-state index in [1.165, 1.54) is 51.4 Å². The quantitative estimate of drug-likeness (QED) is 0.478. The highest BCUT2D eigenvalue weighted by molar-refractivity contribution is 5.37. The fourth-order valence-corrected chi connectivity index (χ4v) is 6.74. The zero-order valence-corrected chi connectivity index (χ0v) is 19.2. The molecule has 0 aliphatic heterocycles. The molecule has 0 amide bonds. The Kier molecular flexibility index (Phi) is 7.81. The van der Waals surface area contributed by atoms with E-state index in [4.69, 9.17) is 0 Å². The first-order valence-corrected chi connectivity index (χ1v) is 12.2. The highest BCUT2D eigenvalue weighted by atomic mass is 19.1. The summed E-state index contributed by atoms with van der Waals surface area (Å²) >= 11 is 0. The van der Waals surface area contributed by atoms with Crippen molar-refractivity contribution in [2.24, 2.45) is 29.1 Å². The summed E-state index contributed by atoms with van der Waals surface area (Å²) in [6.07, 6.45) is 17.4. The van der Waals surface area contributed by atoms with Crippen LogP contribution < -0.4 is 0 Å². The van der Waals surface area contributed by atoms with E-state index < -0.39 is 0 Å². The second-order valence-corrected chi connectivity index (χ2v) is 10.9. The van der Waals surface area contributed by atoms with E-state index >= 15 is 0 Å². The first-order valence-electron chi connectivity index (χ1n) is 12.2. The summed E-state index contributed by atoms with van der Waals surface area (Å²) in [6.45, 7) is 9.73.